The van der Waals surface area contributed by atoms with Crippen LogP contribution in [0.4, 0.5) is 11.6 Å². The van der Waals surface area contributed by atoms with Gasteiger partial charge in [-0.2, -0.15) is 0 Å². The van der Waals surface area contributed by atoms with E-state index in [0.29, 0.717) is 30.2 Å². The van der Waals surface area contributed by atoms with Crippen LogP contribution in [0.25, 0.3) is 5.65 Å². The summed E-state index contributed by atoms with van der Waals surface area (Å²) in [5.74, 6) is 1.14. The maximum absolute atomic E-state index is 11.9. The number of imidazole rings is 1. The molecule has 0 aliphatic heterocycles. The zero-order chi connectivity index (χ0) is 14.5. The molecule has 0 spiro atoms. The second-order valence-corrected chi connectivity index (χ2v) is 4.42. The van der Waals surface area contributed by atoms with Crippen molar-refractivity contribution in [2.24, 2.45) is 0 Å². The summed E-state index contributed by atoms with van der Waals surface area (Å²) in [6, 6.07) is 0. The van der Waals surface area contributed by atoms with E-state index in [1.165, 1.54) is 0 Å². The minimum Gasteiger partial charge on any atom is -0.382 e. The summed E-state index contributed by atoms with van der Waals surface area (Å²) in [4.78, 5) is 22.1. The molecule has 2 aromatic rings. The van der Waals surface area contributed by atoms with Crippen LogP contribution in [-0.4, -0.2) is 44.8 Å². The number of amides is 1. The fourth-order valence-electron chi connectivity index (χ4n) is 2.09. The lowest BCUT2D eigenvalue weighted by atomic mass is 10.3. The summed E-state index contributed by atoms with van der Waals surface area (Å²) in [7, 11) is 0. The Kier molecular flexibility index (Phi) is 4.39. The number of aromatic nitrogens is 3. The molecule has 0 atom stereocenters. The molecule has 0 saturated heterocycles. The molecule has 0 unspecified atom stereocenters. The van der Waals surface area contributed by atoms with E-state index < -0.39 is 0 Å². The molecule has 0 aliphatic rings. The number of rotatable bonds is 6. The van der Waals surface area contributed by atoms with Crippen LogP contribution in [0.5, 0.6) is 0 Å². The molecule has 2 rings (SSSR count). The van der Waals surface area contributed by atoms with Crippen molar-refractivity contribution in [2.45, 2.75) is 20.3 Å². The molecule has 2 heterocycles. The summed E-state index contributed by atoms with van der Waals surface area (Å²) in [6.45, 7) is 5.92. The molecule has 1 amide bonds. The van der Waals surface area contributed by atoms with E-state index in [2.05, 4.69) is 15.3 Å². The molecule has 2 aromatic heterocycles. The normalized spacial score (nSPS) is 10.7. The third-order valence-corrected chi connectivity index (χ3v) is 3.14. The highest BCUT2D eigenvalue weighted by Gasteiger charge is 2.10. The number of hydrogen-bond donors (Lipinski definition) is 2. The molecule has 0 fully saturated rings. The van der Waals surface area contributed by atoms with Gasteiger partial charge in [0.15, 0.2) is 11.5 Å². The zero-order valence-corrected chi connectivity index (χ0v) is 11.8. The van der Waals surface area contributed by atoms with E-state index in [9.17, 15) is 4.79 Å². The summed E-state index contributed by atoms with van der Waals surface area (Å²) in [5, 5.41) is 3.13. The van der Waals surface area contributed by atoms with Crippen molar-refractivity contribution in [1.82, 2.24) is 19.3 Å². The number of carbonyl (C=O) groups is 1. The Hall–Kier alpha value is -2.31. The van der Waals surface area contributed by atoms with Crippen molar-refractivity contribution in [3.63, 3.8) is 0 Å². The second kappa shape index (κ2) is 6.23. The van der Waals surface area contributed by atoms with Gasteiger partial charge in [-0.15, -0.1) is 0 Å². The van der Waals surface area contributed by atoms with E-state index in [4.69, 9.17) is 5.73 Å². The van der Waals surface area contributed by atoms with Crippen LogP contribution in [-0.2, 0) is 4.79 Å². The van der Waals surface area contributed by atoms with Gasteiger partial charge in [0.05, 0.1) is 6.20 Å². The molecular weight excluding hydrogens is 256 g/mol. The monoisotopic (exact) mass is 276 g/mol. The Morgan fingerprint density at radius 1 is 1.45 bits per heavy atom. The van der Waals surface area contributed by atoms with E-state index in [1.807, 2.05) is 13.8 Å². The van der Waals surface area contributed by atoms with Crippen molar-refractivity contribution in [2.75, 3.05) is 30.7 Å². The Balaban J connectivity index is 1.99. The molecule has 108 valence electrons. The topological polar surface area (TPSA) is 88.5 Å². The average molecular weight is 276 g/mol. The zero-order valence-electron chi connectivity index (χ0n) is 11.8. The SMILES string of the molecule is CCN(CC)C(=O)CCNc1nc(N)cn2ccnc12. The minimum atomic E-state index is 0.130. The largest absolute Gasteiger partial charge is 0.382 e. The summed E-state index contributed by atoms with van der Waals surface area (Å²) in [5.41, 5.74) is 6.44. The van der Waals surface area contributed by atoms with Crippen LogP contribution in [0.15, 0.2) is 18.6 Å². The third kappa shape index (κ3) is 2.98. The number of fused-ring (bicyclic) bond motifs is 1. The smallest absolute Gasteiger partial charge is 0.224 e. The Labute approximate surface area is 117 Å². The van der Waals surface area contributed by atoms with Crippen LogP contribution in [0.1, 0.15) is 20.3 Å². The van der Waals surface area contributed by atoms with Gasteiger partial charge >= 0.3 is 0 Å². The molecule has 0 bridgehead atoms. The van der Waals surface area contributed by atoms with E-state index >= 15 is 0 Å². The molecule has 0 aromatic carbocycles. The number of anilines is 2. The summed E-state index contributed by atoms with van der Waals surface area (Å²) >= 11 is 0. The lowest BCUT2D eigenvalue weighted by molar-refractivity contribution is -0.130. The third-order valence-electron chi connectivity index (χ3n) is 3.14. The van der Waals surface area contributed by atoms with Gasteiger partial charge in [0, 0.05) is 38.4 Å². The quantitative estimate of drug-likeness (QED) is 0.821. The maximum atomic E-state index is 11.9. The first kappa shape index (κ1) is 14.1. The van der Waals surface area contributed by atoms with Gasteiger partial charge in [0.25, 0.3) is 0 Å². The number of nitrogens with two attached hydrogens (primary N) is 1. The van der Waals surface area contributed by atoms with Gasteiger partial charge in [-0.05, 0) is 13.8 Å². The number of nitrogens with one attached hydrogen (secondary N) is 1. The minimum absolute atomic E-state index is 0.130. The van der Waals surface area contributed by atoms with Crippen molar-refractivity contribution in [1.29, 1.82) is 0 Å². The van der Waals surface area contributed by atoms with Crippen molar-refractivity contribution in [3.05, 3.63) is 18.6 Å². The van der Waals surface area contributed by atoms with Crippen molar-refractivity contribution in [3.8, 4) is 0 Å². The molecule has 20 heavy (non-hydrogen) atoms. The number of hydrogen-bond acceptors (Lipinski definition) is 5. The molecule has 0 radical (unpaired) electrons. The molecule has 0 aliphatic carbocycles. The van der Waals surface area contributed by atoms with Crippen LogP contribution in [0.3, 0.4) is 0 Å². The maximum Gasteiger partial charge on any atom is 0.224 e. The predicted molar refractivity (Wildman–Crippen MR) is 78.4 cm³/mol. The van der Waals surface area contributed by atoms with Crippen LogP contribution >= 0.6 is 0 Å². The Bertz CT molecular complexity index is 590. The van der Waals surface area contributed by atoms with Crippen molar-refractivity contribution >= 4 is 23.2 Å². The van der Waals surface area contributed by atoms with Gasteiger partial charge in [-0.1, -0.05) is 0 Å². The first-order valence-electron chi connectivity index (χ1n) is 6.76. The highest BCUT2D eigenvalue weighted by Crippen LogP contribution is 2.14. The number of nitrogens with zero attached hydrogens (tertiary/aromatic N) is 4. The standard InChI is InChI=1S/C13H20N6O/c1-3-18(4-2)11(20)5-6-15-12-13-16-7-8-19(13)9-10(14)17-12/h7-9H,3-6,14H2,1-2H3,(H,15,17). The van der Waals surface area contributed by atoms with Crippen molar-refractivity contribution < 1.29 is 4.79 Å². The Morgan fingerprint density at radius 3 is 2.90 bits per heavy atom. The first-order chi connectivity index (χ1) is 9.65. The average Bonchev–Trinajstić information content (AvgIpc) is 2.88. The summed E-state index contributed by atoms with van der Waals surface area (Å²) in [6.07, 6.45) is 5.61. The molecule has 7 nitrogen and oxygen atoms in total. The second-order valence-electron chi connectivity index (χ2n) is 4.42. The van der Waals surface area contributed by atoms with Gasteiger partial charge in [0.2, 0.25) is 5.91 Å². The Morgan fingerprint density at radius 2 is 2.20 bits per heavy atom. The number of carbonyl (C=O) groups excluding carboxylic acids is 1. The van der Waals surface area contributed by atoms with Gasteiger partial charge in [-0.25, -0.2) is 9.97 Å². The lowest BCUT2D eigenvalue weighted by Gasteiger charge is -2.18. The molecule has 7 heteroatoms. The fraction of sp³-hybridized carbons (Fsp3) is 0.462. The molecule has 0 saturated carbocycles. The van der Waals surface area contributed by atoms with E-state index in [-0.39, 0.29) is 5.91 Å². The highest BCUT2D eigenvalue weighted by atomic mass is 16.2. The van der Waals surface area contributed by atoms with Crippen LogP contribution < -0.4 is 11.1 Å². The number of nitrogen functional groups attached to an aromatic ring is 1. The van der Waals surface area contributed by atoms with E-state index in [1.54, 1.807) is 27.9 Å². The van der Waals surface area contributed by atoms with Gasteiger partial charge < -0.3 is 20.4 Å². The van der Waals surface area contributed by atoms with E-state index in [0.717, 1.165) is 13.1 Å². The highest BCUT2D eigenvalue weighted by molar-refractivity contribution is 5.77. The molecular formula is C13H20N6O. The van der Waals surface area contributed by atoms with Crippen LogP contribution in [0, 0.1) is 0 Å². The van der Waals surface area contributed by atoms with Crippen LogP contribution in [0.2, 0.25) is 0 Å². The molecule has 3 N–H and O–H groups in total. The first-order valence-corrected chi connectivity index (χ1v) is 6.76. The van der Waals surface area contributed by atoms with Gasteiger partial charge in [0.1, 0.15) is 5.82 Å². The predicted octanol–water partition coefficient (Wildman–Crippen LogP) is 0.982. The fourth-order valence-corrected chi connectivity index (χ4v) is 2.09. The summed E-state index contributed by atoms with van der Waals surface area (Å²) < 4.78 is 1.80. The lowest BCUT2D eigenvalue weighted by Crippen LogP contribution is -2.31. The van der Waals surface area contributed by atoms with Gasteiger partial charge in [-0.3, -0.25) is 4.79 Å².